The number of nitrogens with zero attached hydrogens (tertiary/aromatic N) is 2. The highest BCUT2D eigenvalue weighted by Crippen LogP contribution is 2.54. The molecule has 4 rings (SSSR count). The number of nitrogens with two attached hydrogens (primary N) is 2. The van der Waals surface area contributed by atoms with Gasteiger partial charge < -0.3 is 21.7 Å². The van der Waals surface area contributed by atoms with Gasteiger partial charge in [-0.2, -0.15) is 0 Å². The first-order valence-electron chi connectivity index (χ1n) is 10.2. The number of nitrogen functional groups attached to an aromatic ring is 1. The molecule has 31 heavy (non-hydrogen) atoms. The second-order valence-electron chi connectivity index (χ2n) is 8.71. The van der Waals surface area contributed by atoms with E-state index in [4.69, 9.17) is 23.1 Å². The summed E-state index contributed by atoms with van der Waals surface area (Å²) in [5, 5.41) is 3.71. The minimum atomic E-state index is -0.722. The van der Waals surface area contributed by atoms with Gasteiger partial charge in [-0.25, -0.2) is 9.37 Å². The maximum Gasteiger partial charge on any atom is 0.258 e. The number of pyridine rings is 1. The van der Waals surface area contributed by atoms with E-state index in [1.165, 1.54) is 37.3 Å². The van der Waals surface area contributed by atoms with E-state index in [0.29, 0.717) is 29.4 Å². The van der Waals surface area contributed by atoms with Gasteiger partial charge in [-0.15, -0.1) is 0 Å². The van der Waals surface area contributed by atoms with E-state index in [1.54, 1.807) is 0 Å². The first kappa shape index (κ1) is 21.4. The highest BCUT2D eigenvalue weighted by Gasteiger charge is 2.47. The summed E-state index contributed by atoms with van der Waals surface area (Å²) in [7, 11) is 3.08. The number of benzene rings is 1. The summed E-state index contributed by atoms with van der Waals surface area (Å²) >= 11 is 6.85. The van der Waals surface area contributed by atoms with Crippen molar-refractivity contribution in [3.05, 3.63) is 40.3 Å². The Labute approximate surface area is 184 Å². The molecular formula is C22H25ClFN5O2. The van der Waals surface area contributed by atoms with Gasteiger partial charge in [-0.05, 0) is 37.3 Å². The van der Waals surface area contributed by atoms with E-state index in [9.17, 15) is 9.59 Å². The Balaban J connectivity index is 1.80. The van der Waals surface area contributed by atoms with Crippen LogP contribution in [0.2, 0.25) is 5.02 Å². The van der Waals surface area contributed by atoms with Crippen molar-refractivity contribution in [1.29, 1.82) is 0 Å². The summed E-state index contributed by atoms with van der Waals surface area (Å²) in [6, 6.07) is 3.02. The van der Waals surface area contributed by atoms with Crippen molar-refractivity contribution in [2.24, 2.45) is 11.7 Å². The van der Waals surface area contributed by atoms with Crippen molar-refractivity contribution >= 4 is 34.9 Å². The topological polar surface area (TPSA) is 114 Å². The summed E-state index contributed by atoms with van der Waals surface area (Å²) in [4.78, 5) is 29.6. The third-order valence-corrected chi connectivity index (χ3v) is 6.82. The highest BCUT2D eigenvalue weighted by atomic mass is 35.5. The lowest BCUT2D eigenvalue weighted by Crippen LogP contribution is -2.26. The number of amides is 2. The van der Waals surface area contributed by atoms with Crippen LogP contribution >= 0.6 is 11.6 Å². The normalized spacial score (nSPS) is 21.7. The lowest BCUT2D eigenvalue weighted by molar-refractivity contribution is -0.118. The number of halogens is 2. The standard InChI is InChI=1S/C22H25ClFN5O2/c1-29(2)21(31)16-14(25)4-3-12(19(16)24)13-9-27-20-17(18(13)23)22(10-28-20)6-5-11(8-22)7-15(26)30/h3-4,9,11H,5-8,10,25H2,1-2H3,(H2,26,30)(H,27,28)/t11-,22-/m1/s1. The van der Waals surface area contributed by atoms with E-state index in [0.717, 1.165) is 24.8 Å². The molecule has 1 aliphatic heterocycles. The van der Waals surface area contributed by atoms with Crippen LogP contribution in [0, 0.1) is 11.7 Å². The van der Waals surface area contributed by atoms with Crippen LogP contribution < -0.4 is 16.8 Å². The van der Waals surface area contributed by atoms with E-state index < -0.39 is 11.7 Å². The number of carbonyl (C=O) groups is 2. The van der Waals surface area contributed by atoms with E-state index in [1.807, 2.05) is 0 Å². The van der Waals surface area contributed by atoms with Crippen LogP contribution in [0.1, 0.15) is 41.6 Å². The van der Waals surface area contributed by atoms with Gasteiger partial charge in [0, 0.05) is 61.1 Å². The van der Waals surface area contributed by atoms with Gasteiger partial charge in [-0.1, -0.05) is 11.6 Å². The maximum atomic E-state index is 15.5. The second kappa shape index (κ2) is 7.67. The molecule has 0 unspecified atom stereocenters. The van der Waals surface area contributed by atoms with Gasteiger partial charge in [-0.3, -0.25) is 9.59 Å². The molecule has 7 nitrogen and oxygen atoms in total. The monoisotopic (exact) mass is 445 g/mol. The van der Waals surface area contributed by atoms with Crippen LogP contribution in [0.25, 0.3) is 11.1 Å². The molecule has 0 bridgehead atoms. The number of carbonyl (C=O) groups excluding carboxylic acids is 2. The molecule has 9 heteroatoms. The fraction of sp³-hybridized carbons (Fsp3) is 0.409. The Morgan fingerprint density at radius 1 is 1.35 bits per heavy atom. The van der Waals surface area contributed by atoms with Gasteiger partial charge in [0.1, 0.15) is 11.6 Å². The Morgan fingerprint density at radius 3 is 2.77 bits per heavy atom. The molecule has 1 fully saturated rings. The maximum absolute atomic E-state index is 15.5. The number of rotatable bonds is 4. The first-order valence-corrected chi connectivity index (χ1v) is 10.5. The lowest BCUT2D eigenvalue weighted by atomic mass is 9.79. The Hall–Kier alpha value is -2.87. The van der Waals surface area contributed by atoms with Crippen LogP contribution in [0.5, 0.6) is 0 Å². The van der Waals surface area contributed by atoms with Gasteiger partial charge in [0.2, 0.25) is 5.91 Å². The zero-order chi connectivity index (χ0) is 22.5. The number of primary amides is 1. The number of anilines is 2. The average Bonchev–Trinajstić information content (AvgIpc) is 3.26. The smallest absolute Gasteiger partial charge is 0.258 e. The summed E-state index contributed by atoms with van der Waals surface area (Å²) in [6.45, 7) is 0.655. The molecule has 164 valence electrons. The van der Waals surface area contributed by atoms with Crippen molar-refractivity contribution in [3.63, 3.8) is 0 Å². The molecule has 2 aliphatic rings. The van der Waals surface area contributed by atoms with Crippen molar-refractivity contribution in [3.8, 4) is 11.1 Å². The highest BCUT2D eigenvalue weighted by molar-refractivity contribution is 6.34. The molecule has 1 saturated carbocycles. The lowest BCUT2D eigenvalue weighted by Gasteiger charge is -2.25. The van der Waals surface area contributed by atoms with Gasteiger partial charge in [0.15, 0.2) is 0 Å². The zero-order valence-electron chi connectivity index (χ0n) is 17.5. The van der Waals surface area contributed by atoms with Crippen molar-refractivity contribution in [1.82, 2.24) is 9.88 Å². The Kier molecular flexibility index (Phi) is 5.29. The number of nitrogens with one attached hydrogen (secondary N) is 1. The fourth-order valence-corrected chi connectivity index (χ4v) is 5.40. The van der Waals surface area contributed by atoms with Crippen molar-refractivity contribution < 1.29 is 14.0 Å². The summed E-state index contributed by atoms with van der Waals surface area (Å²) < 4.78 is 15.5. The Bertz CT molecular complexity index is 1090. The number of hydrogen-bond donors (Lipinski definition) is 3. The van der Waals surface area contributed by atoms with Crippen molar-refractivity contribution in [2.45, 2.75) is 31.1 Å². The molecule has 0 saturated heterocycles. The van der Waals surface area contributed by atoms with Crippen LogP contribution in [0.4, 0.5) is 15.9 Å². The minimum Gasteiger partial charge on any atom is -0.398 e. The SMILES string of the molecule is CN(C)C(=O)c1c(N)ccc(-c2cnc3c(c2Cl)[C@@]2(CC[C@H](CC(N)=O)C2)CN3)c1F. The van der Waals surface area contributed by atoms with Gasteiger partial charge >= 0.3 is 0 Å². The quantitative estimate of drug-likeness (QED) is 0.625. The minimum absolute atomic E-state index is 0.0633. The summed E-state index contributed by atoms with van der Waals surface area (Å²) in [5.41, 5.74) is 12.3. The van der Waals surface area contributed by atoms with Gasteiger partial charge in [0.05, 0.1) is 10.6 Å². The summed E-state index contributed by atoms with van der Waals surface area (Å²) in [6.07, 6.45) is 4.31. The summed E-state index contributed by atoms with van der Waals surface area (Å²) in [5.74, 6) is -0.699. The predicted molar refractivity (Wildman–Crippen MR) is 118 cm³/mol. The molecule has 2 atom stereocenters. The zero-order valence-corrected chi connectivity index (χ0v) is 18.2. The first-order chi connectivity index (χ1) is 14.6. The molecule has 2 heterocycles. The molecule has 0 radical (unpaired) electrons. The number of fused-ring (bicyclic) bond motifs is 2. The van der Waals surface area contributed by atoms with Crippen LogP contribution in [0.3, 0.4) is 0 Å². The molecule has 1 aliphatic carbocycles. The Morgan fingerprint density at radius 2 is 2.10 bits per heavy atom. The van der Waals surface area contributed by atoms with Crippen LogP contribution in [-0.4, -0.2) is 42.3 Å². The molecule has 1 aromatic carbocycles. The third kappa shape index (κ3) is 3.48. The molecule has 1 aromatic heterocycles. The van der Waals surface area contributed by atoms with E-state index in [2.05, 4.69) is 10.3 Å². The molecule has 5 N–H and O–H groups in total. The van der Waals surface area contributed by atoms with E-state index >= 15 is 4.39 Å². The van der Waals surface area contributed by atoms with Crippen LogP contribution in [-0.2, 0) is 10.2 Å². The largest absolute Gasteiger partial charge is 0.398 e. The van der Waals surface area contributed by atoms with Crippen molar-refractivity contribution in [2.75, 3.05) is 31.7 Å². The van der Waals surface area contributed by atoms with Gasteiger partial charge in [0.25, 0.3) is 5.91 Å². The number of aromatic nitrogens is 1. The number of hydrogen-bond acceptors (Lipinski definition) is 5. The van der Waals surface area contributed by atoms with E-state index in [-0.39, 0.29) is 34.1 Å². The predicted octanol–water partition coefficient (Wildman–Crippen LogP) is 3.16. The average molecular weight is 446 g/mol. The molecule has 2 aromatic rings. The second-order valence-corrected chi connectivity index (χ2v) is 9.09. The van der Waals surface area contributed by atoms with Crippen LogP contribution in [0.15, 0.2) is 18.3 Å². The molecular weight excluding hydrogens is 421 g/mol. The third-order valence-electron chi connectivity index (χ3n) is 6.42. The fourth-order valence-electron chi connectivity index (χ4n) is 4.96. The molecule has 1 spiro atoms. The molecule has 2 amide bonds.